The summed E-state index contributed by atoms with van der Waals surface area (Å²) in [6, 6.07) is 9.27. The predicted octanol–water partition coefficient (Wildman–Crippen LogP) is 3.81. The Morgan fingerprint density at radius 3 is 2.79 bits per heavy atom. The molecule has 3 aromatic heterocycles. The van der Waals surface area contributed by atoms with E-state index in [-0.39, 0.29) is 5.56 Å². The lowest BCUT2D eigenvalue weighted by Gasteiger charge is -2.08. The summed E-state index contributed by atoms with van der Waals surface area (Å²) < 4.78 is 8.85. The quantitative estimate of drug-likeness (QED) is 0.331. The van der Waals surface area contributed by atoms with E-state index in [0.29, 0.717) is 17.3 Å². The molecule has 0 amide bonds. The Bertz CT molecular complexity index is 1220. The van der Waals surface area contributed by atoms with Gasteiger partial charge in [0.05, 0.1) is 12.8 Å². The minimum atomic E-state index is -0.0594. The monoisotopic (exact) mass is 425 g/mol. The molecular weight excluding hydrogens is 406 g/mol. The summed E-state index contributed by atoms with van der Waals surface area (Å²) in [6.45, 7) is 6.33. The van der Waals surface area contributed by atoms with E-state index in [9.17, 15) is 4.79 Å². The van der Waals surface area contributed by atoms with Crippen LogP contribution in [-0.2, 0) is 12.3 Å². The minimum Gasteiger partial charge on any atom is -0.497 e. The van der Waals surface area contributed by atoms with E-state index >= 15 is 0 Å². The van der Waals surface area contributed by atoms with Gasteiger partial charge in [-0.3, -0.25) is 13.8 Å². The molecule has 0 spiro atoms. The number of nitrogens with zero attached hydrogens (tertiary/aromatic N) is 5. The summed E-state index contributed by atoms with van der Waals surface area (Å²) in [5.41, 5.74) is 2.51. The number of aryl methyl sites for hydroxylation is 1. The van der Waals surface area contributed by atoms with Crippen LogP contribution in [0.4, 0.5) is 0 Å². The number of allylic oxidation sites excluding steroid dienone is 1. The Morgan fingerprint density at radius 2 is 2.07 bits per heavy atom. The second kappa shape index (κ2) is 8.22. The predicted molar refractivity (Wildman–Crippen MR) is 116 cm³/mol. The SMILES string of the molecule is C=CCn1c(SCc2cc(=O)n3c(C)csc3n2)nnc1-c1ccc(OC)cc1. The Balaban J connectivity index is 1.61. The smallest absolute Gasteiger partial charge is 0.258 e. The molecule has 29 heavy (non-hydrogen) atoms. The van der Waals surface area contributed by atoms with E-state index in [1.807, 2.05) is 47.2 Å². The van der Waals surface area contributed by atoms with Crippen LogP contribution in [-0.4, -0.2) is 31.3 Å². The molecule has 0 saturated carbocycles. The summed E-state index contributed by atoms with van der Waals surface area (Å²) in [7, 11) is 1.64. The molecule has 0 N–H and O–H groups in total. The third-order valence-corrected chi connectivity index (χ3v) is 6.30. The number of hydrogen-bond donors (Lipinski definition) is 0. The Kier molecular flexibility index (Phi) is 5.50. The molecule has 4 rings (SSSR count). The zero-order chi connectivity index (χ0) is 20.4. The lowest BCUT2D eigenvalue weighted by atomic mass is 10.2. The summed E-state index contributed by atoms with van der Waals surface area (Å²) in [6.07, 6.45) is 1.81. The second-order valence-electron chi connectivity index (χ2n) is 6.30. The molecule has 0 radical (unpaired) electrons. The average molecular weight is 426 g/mol. The van der Waals surface area contributed by atoms with Crippen molar-refractivity contribution < 1.29 is 4.74 Å². The molecule has 9 heteroatoms. The summed E-state index contributed by atoms with van der Waals surface area (Å²) in [5.74, 6) is 2.07. The number of rotatable bonds is 7. The average Bonchev–Trinajstić information content (AvgIpc) is 3.30. The van der Waals surface area contributed by atoms with E-state index in [0.717, 1.165) is 33.7 Å². The third-order valence-electron chi connectivity index (χ3n) is 4.35. The van der Waals surface area contributed by atoms with Crippen molar-refractivity contribution in [1.29, 1.82) is 0 Å². The Labute approximate surface area is 175 Å². The van der Waals surface area contributed by atoms with Gasteiger partial charge in [0.15, 0.2) is 15.9 Å². The standard InChI is InChI=1S/C20H19N5O2S2/c1-4-9-24-18(14-5-7-16(27-3)8-6-14)22-23-20(24)29-12-15-10-17(26)25-13(2)11-28-19(25)21-15/h4-8,10-11H,1,9,12H2,2-3H3. The fourth-order valence-electron chi connectivity index (χ4n) is 2.96. The van der Waals surface area contributed by atoms with Gasteiger partial charge in [-0.25, -0.2) is 4.98 Å². The van der Waals surface area contributed by atoms with Crippen LogP contribution < -0.4 is 10.3 Å². The first-order valence-corrected chi connectivity index (χ1v) is 10.8. The number of benzene rings is 1. The van der Waals surface area contributed by atoms with Crippen LogP contribution in [0.3, 0.4) is 0 Å². The van der Waals surface area contributed by atoms with Crippen molar-refractivity contribution in [1.82, 2.24) is 24.1 Å². The maximum Gasteiger partial charge on any atom is 0.258 e. The first-order valence-electron chi connectivity index (χ1n) is 8.89. The highest BCUT2D eigenvalue weighted by Gasteiger charge is 2.15. The largest absolute Gasteiger partial charge is 0.497 e. The number of thiazole rings is 1. The van der Waals surface area contributed by atoms with Crippen LogP contribution in [0, 0.1) is 6.92 Å². The molecule has 0 bridgehead atoms. The van der Waals surface area contributed by atoms with Gasteiger partial charge < -0.3 is 4.74 Å². The highest BCUT2D eigenvalue weighted by Crippen LogP contribution is 2.27. The zero-order valence-corrected chi connectivity index (χ0v) is 17.7. The van der Waals surface area contributed by atoms with Crippen LogP contribution in [0.1, 0.15) is 11.4 Å². The zero-order valence-electron chi connectivity index (χ0n) is 16.0. The van der Waals surface area contributed by atoms with Gasteiger partial charge in [0.1, 0.15) is 5.75 Å². The van der Waals surface area contributed by atoms with Crippen LogP contribution in [0.15, 0.2) is 58.3 Å². The first-order chi connectivity index (χ1) is 14.1. The van der Waals surface area contributed by atoms with E-state index in [2.05, 4.69) is 21.8 Å². The topological polar surface area (TPSA) is 74.3 Å². The molecule has 0 unspecified atom stereocenters. The fourth-order valence-corrected chi connectivity index (χ4v) is 4.69. The van der Waals surface area contributed by atoms with Crippen molar-refractivity contribution in [2.75, 3.05) is 7.11 Å². The fraction of sp³-hybridized carbons (Fsp3) is 0.200. The van der Waals surface area contributed by atoms with E-state index in [1.165, 1.54) is 23.1 Å². The van der Waals surface area contributed by atoms with Crippen LogP contribution in [0.2, 0.25) is 0 Å². The van der Waals surface area contributed by atoms with E-state index in [1.54, 1.807) is 17.6 Å². The van der Waals surface area contributed by atoms with Gasteiger partial charge in [-0.2, -0.15) is 0 Å². The Morgan fingerprint density at radius 1 is 1.28 bits per heavy atom. The van der Waals surface area contributed by atoms with Gasteiger partial charge in [0.2, 0.25) is 0 Å². The molecule has 0 aliphatic heterocycles. The van der Waals surface area contributed by atoms with Crippen molar-refractivity contribution in [2.45, 2.75) is 24.4 Å². The van der Waals surface area contributed by atoms with Crippen LogP contribution >= 0.6 is 23.1 Å². The molecule has 3 heterocycles. The van der Waals surface area contributed by atoms with Crippen molar-refractivity contribution >= 4 is 28.1 Å². The summed E-state index contributed by atoms with van der Waals surface area (Å²) >= 11 is 2.96. The Hall–Kier alpha value is -2.91. The number of ether oxygens (including phenoxy) is 1. The molecule has 148 valence electrons. The molecule has 0 aliphatic carbocycles. The van der Waals surface area contributed by atoms with Gasteiger partial charge in [-0.15, -0.1) is 28.1 Å². The van der Waals surface area contributed by atoms with Crippen LogP contribution in [0.25, 0.3) is 16.3 Å². The van der Waals surface area contributed by atoms with Crippen molar-refractivity contribution in [2.24, 2.45) is 0 Å². The maximum atomic E-state index is 12.4. The molecule has 4 aromatic rings. The van der Waals surface area contributed by atoms with Crippen molar-refractivity contribution in [3.05, 3.63) is 70.1 Å². The number of fused-ring (bicyclic) bond motifs is 1. The number of methoxy groups -OCH3 is 1. The van der Waals surface area contributed by atoms with Gasteiger partial charge in [0.25, 0.3) is 5.56 Å². The highest BCUT2D eigenvalue weighted by molar-refractivity contribution is 7.98. The van der Waals surface area contributed by atoms with Crippen molar-refractivity contribution in [3.8, 4) is 17.1 Å². The van der Waals surface area contributed by atoms with Gasteiger partial charge in [-0.1, -0.05) is 17.8 Å². The molecule has 0 aliphatic rings. The number of aromatic nitrogens is 5. The lowest BCUT2D eigenvalue weighted by Crippen LogP contribution is -2.14. The maximum absolute atomic E-state index is 12.4. The van der Waals surface area contributed by atoms with Gasteiger partial charge in [0, 0.05) is 35.0 Å². The van der Waals surface area contributed by atoms with Gasteiger partial charge in [-0.05, 0) is 31.2 Å². The normalized spacial score (nSPS) is 11.1. The second-order valence-corrected chi connectivity index (χ2v) is 8.08. The van der Waals surface area contributed by atoms with Gasteiger partial charge >= 0.3 is 0 Å². The van der Waals surface area contributed by atoms with Crippen molar-refractivity contribution in [3.63, 3.8) is 0 Å². The molecule has 0 saturated heterocycles. The highest BCUT2D eigenvalue weighted by atomic mass is 32.2. The summed E-state index contributed by atoms with van der Waals surface area (Å²) in [5, 5.41) is 11.4. The first kappa shape index (κ1) is 19.4. The minimum absolute atomic E-state index is 0.0594. The molecule has 0 fully saturated rings. The number of hydrogen-bond acceptors (Lipinski definition) is 7. The van der Waals surface area contributed by atoms with E-state index < -0.39 is 0 Å². The third kappa shape index (κ3) is 3.83. The van der Waals surface area contributed by atoms with Crippen LogP contribution in [0.5, 0.6) is 5.75 Å². The lowest BCUT2D eigenvalue weighted by molar-refractivity contribution is 0.415. The summed E-state index contributed by atoms with van der Waals surface area (Å²) in [4.78, 5) is 17.7. The van der Waals surface area contributed by atoms with E-state index in [4.69, 9.17) is 4.74 Å². The molecular formula is C20H19N5O2S2. The molecule has 7 nitrogen and oxygen atoms in total. The molecule has 0 atom stereocenters. The molecule has 1 aromatic carbocycles. The number of thioether (sulfide) groups is 1.